The zero-order valence-corrected chi connectivity index (χ0v) is 10.3. The third-order valence-electron chi connectivity index (χ3n) is 2.54. The van der Waals surface area contributed by atoms with E-state index in [1.807, 2.05) is 30.3 Å². The second kappa shape index (κ2) is 4.62. The van der Waals surface area contributed by atoms with Gasteiger partial charge in [-0.05, 0) is 12.1 Å². The number of fused-ring (bicyclic) bond motifs is 1. The molecule has 88 valence electrons. The van der Waals surface area contributed by atoms with Gasteiger partial charge in [-0.2, -0.15) is 10.2 Å². The van der Waals surface area contributed by atoms with E-state index in [0.29, 0.717) is 5.69 Å². The first kappa shape index (κ1) is 11.0. The highest BCUT2D eigenvalue weighted by atomic mass is 32.2. The highest BCUT2D eigenvalue weighted by Gasteiger charge is 2.06. The molecule has 2 aromatic heterocycles. The molecule has 2 N–H and O–H groups in total. The first-order valence-electron chi connectivity index (χ1n) is 5.42. The number of hydrogen-bond acceptors (Lipinski definition) is 5. The monoisotopic (exact) mass is 254 g/mol. The van der Waals surface area contributed by atoms with Gasteiger partial charge in [-0.15, -0.1) is 0 Å². The van der Waals surface area contributed by atoms with Crippen molar-refractivity contribution in [2.24, 2.45) is 0 Å². The normalized spacial score (nSPS) is 10.7. The molecule has 0 spiro atoms. The highest BCUT2D eigenvalue weighted by molar-refractivity contribution is 7.99. The molecule has 0 fully saturated rings. The van der Waals surface area contributed by atoms with Gasteiger partial charge >= 0.3 is 0 Å². The van der Waals surface area contributed by atoms with Crippen LogP contribution in [-0.4, -0.2) is 15.2 Å². The number of aromatic nitrogens is 3. The van der Waals surface area contributed by atoms with Crippen molar-refractivity contribution in [3.05, 3.63) is 48.9 Å². The van der Waals surface area contributed by atoms with E-state index in [2.05, 4.69) is 15.2 Å². The summed E-state index contributed by atoms with van der Waals surface area (Å²) in [5.41, 5.74) is 7.45. The number of benzene rings is 1. The minimum absolute atomic E-state index is 0.670. The SMILES string of the molecule is Nc1cnccc1Sc1cnnc2ccccc12. The molecule has 2 heterocycles. The Bertz CT molecular complexity index is 694. The van der Waals surface area contributed by atoms with Crippen molar-refractivity contribution in [1.29, 1.82) is 0 Å². The van der Waals surface area contributed by atoms with Gasteiger partial charge in [0, 0.05) is 21.4 Å². The lowest BCUT2D eigenvalue weighted by Gasteiger charge is -2.06. The Morgan fingerprint density at radius 2 is 1.89 bits per heavy atom. The van der Waals surface area contributed by atoms with Crippen LogP contribution in [0.25, 0.3) is 10.9 Å². The Balaban J connectivity index is 2.08. The number of rotatable bonds is 2. The molecule has 0 radical (unpaired) electrons. The predicted molar refractivity (Wildman–Crippen MR) is 72.3 cm³/mol. The number of pyridine rings is 1. The molecule has 0 bridgehead atoms. The fourth-order valence-corrected chi connectivity index (χ4v) is 2.59. The largest absolute Gasteiger partial charge is 0.397 e. The molecule has 3 rings (SSSR count). The predicted octanol–water partition coefficient (Wildman–Crippen LogP) is 2.76. The van der Waals surface area contributed by atoms with Crippen LogP contribution in [0.15, 0.2) is 58.7 Å². The van der Waals surface area contributed by atoms with Gasteiger partial charge < -0.3 is 5.73 Å². The number of hydrogen-bond donors (Lipinski definition) is 1. The van der Waals surface area contributed by atoms with Crippen LogP contribution in [0.5, 0.6) is 0 Å². The lowest BCUT2D eigenvalue weighted by molar-refractivity contribution is 1.05. The Hall–Kier alpha value is -2.14. The van der Waals surface area contributed by atoms with Crippen molar-refractivity contribution in [2.75, 3.05) is 5.73 Å². The third-order valence-corrected chi connectivity index (χ3v) is 3.68. The fraction of sp³-hybridized carbons (Fsp3) is 0. The van der Waals surface area contributed by atoms with Crippen molar-refractivity contribution in [1.82, 2.24) is 15.2 Å². The lowest BCUT2D eigenvalue weighted by Crippen LogP contribution is -1.90. The summed E-state index contributed by atoms with van der Waals surface area (Å²) in [4.78, 5) is 6.00. The van der Waals surface area contributed by atoms with Crippen molar-refractivity contribution >= 4 is 28.4 Å². The van der Waals surface area contributed by atoms with Crippen molar-refractivity contribution in [3.8, 4) is 0 Å². The summed E-state index contributed by atoms with van der Waals surface area (Å²) in [7, 11) is 0. The smallest absolute Gasteiger partial charge is 0.0941 e. The van der Waals surface area contributed by atoms with Gasteiger partial charge in [-0.3, -0.25) is 4.98 Å². The average Bonchev–Trinajstić information content (AvgIpc) is 2.42. The van der Waals surface area contributed by atoms with Gasteiger partial charge in [-0.1, -0.05) is 30.0 Å². The van der Waals surface area contributed by atoms with Crippen LogP contribution in [0.1, 0.15) is 0 Å². The van der Waals surface area contributed by atoms with Crippen molar-refractivity contribution < 1.29 is 0 Å². The van der Waals surface area contributed by atoms with E-state index in [4.69, 9.17) is 5.73 Å². The number of anilines is 1. The molecule has 0 saturated heterocycles. The molecule has 5 heteroatoms. The minimum Gasteiger partial charge on any atom is -0.397 e. The van der Waals surface area contributed by atoms with Gasteiger partial charge in [0.15, 0.2) is 0 Å². The Morgan fingerprint density at radius 1 is 1.00 bits per heavy atom. The van der Waals surface area contributed by atoms with Crippen LogP contribution >= 0.6 is 11.8 Å². The molecule has 0 aliphatic carbocycles. The maximum atomic E-state index is 5.89. The van der Waals surface area contributed by atoms with E-state index in [1.54, 1.807) is 30.4 Å². The van der Waals surface area contributed by atoms with Crippen LogP contribution in [0.3, 0.4) is 0 Å². The highest BCUT2D eigenvalue weighted by Crippen LogP contribution is 2.34. The maximum absolute atomic E-state index is 5.89. The standard InChI is InChI=1S/C13H10N4S/c14-10-7-15-6-5-12(10)18-13-8-16-17-11-4-2-1-3-9(11)13/h1-8H,14H2. The fourth-order valence-electron chi connectivity index (χ4n) is 1.67. The Kier molecular flexibility index (Phi) is 2.82. The summed E-state index contributed by atoms with van der Waals surface area (Å²) < 4.78 is 0. The summed E-state index contributed by atoms with van der Waals surface area (Å²) in [6.07, 6.45) is 5.14. The van der Waals surface area contributed by atoms with E-state index >= 15 is 0 Å². The van der Waals surface area contributed by atoms with E-state index in [0.717, 1.165) is 20.7 Å². The number of nitrogen functional groups attached to an aromatic ring is 1. The summed E-state index contributed by atoms with van der Waals surface area (Å²) >= 11 is 1.58. The molecule has 0 aliphatic rings. The Labute approximate surface area is 108 Å². The molecular formula is C13H10N4S. The molecule has 4 nitrogen and oxygen atoms in total. The van der Waals surface area contributed by atoms with Gasteiger partial charge in [0.25, 0.3) is 0 Å². The van der Waals surface area contributed by atoms with Gasteiger partial charge in [0.2, 0.25) is 0 Å². The molecule has 0 atom stereocenters. The van der Waals surface area contributed by atoms with E-state index in [1.165, 1.54) is 0 Å². The molecule has 0 amide bonds. The molecule has 0 unspecified atom stereocenters. The van der Waals surface area contributed by atoms with Gasteiger partial charge in [0.05, 0.1) is 23.6 Å². The second-order valence-electron chi connectivity index (χ2n) is 3.74. The maximum Gasteiger partial charge on any atom is 0.0941 e. The van der Waals surface area contributed by atoms with Crippen LogP contribution in [0.2, 0.25) is 0 Å². The summed E-state index contributed by atoms with van der Waals surface area (Å²) in [5.74, 6) is 0. The molecule has 0 aliphatic heterocycles. The first-order chi connectivity index (χ1) is 8.84. The summed E-state index contributed by atoms with van der Waals surface area (Å²) in [6.45, 7) is 0. The quantitative estimate of drug-likeness (QED) is 0.761. The van der Waals surface area contributed by atoms with Gasteiger partial charge in [-0.25, -0.2) is 0 Å². The second-order valence-corrected chi connectivity index (χ2v) is 4.83. The molecule has 3 aromatic rings. The first-order valence-corrected chi connectivity index (χ1v) is 6.24. The Morgan fingerprint density at radius 3 is 2.78 bits per heavy atom. The minimum atomic E-state index is 0.670. The molecule has 0 saturated carbocycles. The lowest BCUT2D eigenvalue weighted by atomic mass is 10.2. The van der Waals surface area contributed by atoms with Crippen molar-refractivity contribution in [2.45, 2.75) is 9.79 Å². The van der Waals surface area contributed by atoms with E-state index in [9.17, 15) is 0 Å². The van der Waals surface area contributed by atoms with Crippen molar-refractivity contribution in [3.63, 3.8) is 0 Å². The van der Waals surface area contributed by atoms with Gasteiger partial charge in [0.1, 0.15) is 0 Å². The van der Waals surface area contributed by atoms with E-state index in [-0.39, 0.29) is 0 Å². The average molecular weight is 254 g/mol. The van der Waals surface area contributed by atoms with Crippen LogP contribution < -0.4 is 5.73 Å². The molecule has 18 heavy (non-hydrogen) atoms. The van der Waals surface area contributed by atoms with E-state index < -0.39 is 0 Å². The topological polar surface area (TPSA) is 64.7 Å². The van der Waals surface area contributed by atoms with Crippen LogP contribution in [-0.2, 0) is 0 Å². The molecular weight excluding hydrogens is 244 g/mol. The zero-order valence-electron chi connectivity index (χ0n) is 9.45. The third kappa shape index (κ3) is 2.00. The van der Waals surface area contributed by atoms with Crippen LogP contribution in [0, 0.1) is 0 Å². The zero-order chi connectivity index (χ0) is 12.4. The summed E-state index contributed by atoms with van der Waals surface area (Å²) in [5, 5.41) is 9.19. The summed E-state index contributed by atoms with van der Waals surface area (Å²) in [6, 6.07) is 9.82. The van der Waals surface area contributed by atoms with Crippen LogP contribution in [0.4, 0.5) is 5.69 Å². The number of nitrogens with two attached hydrogens (primary N) is 1. The molecule has 1 aromatic carbocycles. The number of nitrogens with zero attached hydrogens (tertiary/aromatic N) is 3.